The molecule has 5 aromatic carbocycles. The van der Waals surface area contributed by atoms with Crippen LogP contribution in [0, 0.1) is 0 Å². The highest BCUT2D eigenvalue weighted by molar-refractivity contribution is 5.81. The van der Waals surface area contributed by atoms with Gasteiger partial charge in [0.15, 0.2) is 0 Å². The van der Waals surface area contributed by atoms with Gasteiger partial charge in [-0.15, -0.1) is 0 Å². The predicted molar refractivity (Wildman–Crippen MR) is 160 cm³/mol. The number of methoxy groups -OCH3 is 2. The summed E-state index contributed by atoms with van der Waals surface area (Å²) in [6.07, 6.45) is 0. The van der Waals surface area contributed by atoms with Gasteiger partial charge < -0.3 is 9.47 Å². The molecule has 1 heterocycles. The van der Waals surface area contributed by atoms with Crippen molar-refractivity contribution in [1.29, 1.82) is 0 Å². The maximum absolute atomic E-state index is 5.39. The van der Waals surface area contributed by atoms with Crippen LogP contribution < -0.4 is 9.47 Å². The average Bonchev–Trinajstić information content (AvgIpc) is 3.17. The molecule has 0 aromatic heterocycles. The molecular formula is C36H33NO2. The molecule has 1 aliphatic rings. The van der Waals surface area contributed by atoms with Crippen LogP contribution >= 0.6 is 0 Å². The molecule has 0 N–H and O–H groups in total. The van der Waals surface area contributed by atoms with Crippen LogP contribution in [0.1, 0.15) is 29.7 Å². The zero-order chi connectivity index (χ0) is 26.8. The van der Waals surface area contributed by atoms with Crippen LogP contribution in [0.25, 0.3) is 33.4 Å². The van der Waals surface area contributed by atoms with Crippen molar-refractivity contribution in [3.63, 3.8) is 0 Å². The lowest BCUT2D eigenvalue weighted by Gasteiger charge is -2.28. The van der Waals surface area contributed by atoms with Gasteiger partial charge in [0, 0.05) is 19.1 Å². The van der Waals surface area contributed by atoms with Gasteiger partial charge >= 0.3 is 0 Å². The number of nitrogens with zero attached hydrogens (tertiary/aromatic N) is 1. The molecule has 3 nitrogen and oxygen atoms in total. The van der Waals surface area contributed by atoms with Crippen molar-refractivity contribution in [3.05, 3.63) is 132 Å². The Morgan fingerprint density at radius 3 is 1.41 bits per heavy atom. The standard InChI is InChI=1S/C36H33NO2/c1-25(26-7-5-4-6-8-26)37-23-31-11-9-29(27-13-17-33(38-2)18-14-27)21-35(31)36-22-30(10-12-32(36)24-37)28-15-19-34(39-3)20-16-28/h4-22,25H,23-24H2,1-3H3/t25-/m0/s1. The van der Waals surface area contributed by atoms with Crippen LogP contribution in [0.2, 0.25) is 0 Å². The van der Waals surface area contributed by atoms with Crippen LogP contribution in [0.3, 0.4) is 0 Å². The second-order valence-electron chi connectivity index (χ2n) is 10.2. The van der Waals surface area contributed by atoms with Crippen molar-refractivity contribution in [1.82, 2.24) is 4.90 Å². The summed E-state index contributed by atoms with van der Waals surface area (Å²) in [5.41, 5.74) is 11.4. The van der Waals surface area contributed by atoms with E-state index < -0.39 is 0 Å². The number of fused-ring (bicyclic) bond motifs is 3. The van der Waals surface area contributed by atoms with E-state index in [-0.39, 0.29) is 0 Å². The quantitative estimate of drug-likeness (QED) is 0.227. The molecule has 0 aliphatic carbocycles. The second-order valence-corrected chi connectivity index (χ2v) is 10.2. The molecule has 6 rings (SSSR count). The average molecular weight is 512 g/mol. The highest BCUT2D eigenvalue weighted by Crippen LogP contribution is 2.40. The Morgan fingerprint density at radius 2 is 0.974 bits per heavy atom. The minimum atomic E-state index is 0.299. The first-order chi connectivity index (χ1) is 19.1. The van der Waals surface area contributed by atoms with E-state index in [1.54, 1.807) is 14.2 Å². The van der Waals surface area contributed by atoms with E-state index in [0.29, 0.717) is 6.04 Å². The smallest absolute Gasteiger partial charge is 0.118 e. The number of benzene rings is 5. The van der Waals surface area contributed by atoms with E-state index in [4.69, 9.17) is 9.47 Å². The fourth-order valence-electron chi connectivity index (χ4n) is 5.57. The van der Waals surface area contributed by atoms with Crippen LogP contribution in [-0.2, 0) is 13.1 Å². The summed E-state index contributed by atoms with van der Waals surface area (Å²) in [5, 5.41) is 0. The number of rotatable bonds is 6. The number of ether oxygens (including phenoxy) is 2. The van der Waals surface area contributed by atoms with Gasteiger partial charge in [-0.2, -0.15) is 0 Å². The van der Waals surface area contributed by atoms with Gasteiger partial charge in [-0.1, -0.05) is 78.9 Å². The maximum atomic E-state index is 5.39. The fourth-order valence-corrected chi connectivity index (χ4v) is 5.57. The first-order valence-electron chi connectivity index (χ1n) is 13.5. The van der Waals surface area contributed by atoms with Crippen molar-refractivity contribution in [2.24, 2.45) is 0 Å². The normalized spacial score (nSPS) is 13.6. The van der Waals surface area contributed by atoms with E-state index in [2.05, 4.69) is 103 Å². The van der Waals surface area contributed by atoms with Crippen LogP contribution in [0.4, 0.5) is 0 Å². The van der Waals surface area contributed by atoms with Gasteiger partial charge in [0.2, 0.25) is 0 Å². The summed E-state index contributed by atoms with van der Waals surface area (Å²) in [6.45, 7) is 4.10. The molecular weight excluding hydrogens is 478 g/mol. The molecule has 0 spiro atoms. The van der Waals surface area contributed by atoms with E-state index in [1.165, 1.54) is 50.1 Å². The van der Waals surface area contributed by atoms with Gasteiger partial charge in [-0.25, -0.2) is 0 Å². The second kappa shape index (κ2) is 10.8. The van der Waals surface area contributed by atoms with Crippen molar-refractivity contribution >= 4 is 0 Å². The molecule has 3 heteroatoms. The van der Waals surface area contributed by atoms with Crippen molar-refractivity contribution < 1.29 is 9.47 Å². The third-order valence-electron chi connectivity index (χ3n) is 7.93. The van der Waals surface area contributed by atoms with Crippen molar-refractivity contribution in [2.75, 3.05) is 14.2 Å². The summed E-state index contributed by atoms with van der Waals surface area (Å²) in [4.78, 5) is 2.58. The molecule has 1 aliphatic heterocycles. The molecule has 0 fully saturated rings. The lowest BCUT2D eigenvalue weighted by molar-refractivity contribution is 0.194. The Kier molecular flexibility index (Phi) is 6.91. The third kappa shape index (κ3) is 5.06. The fraction of sp³-hybridized carbons (Fsp3) is 0.167. The van der Waals surface area contributed by atoms with Crippen LogP contribution in [0.5, 0.6) is 11.5 Å². The van der Waals surface area contributed by atoms with Gasteiger partial charge in [0.05, 0.1) is 14.2 Å². The highest BCUT2D eigenvalue weighted by Gasteiger charge is 2.24. The molecule has 194 valence electrons. The molecule has 0 saturated carbocycles. The van der Waals surface area contributed by atoms with Gasteiger partial charge in [0.25, 0.3) is 0 Å². The summed E-state index contributed by atoms with van der Waals surface area (Å²) < 4.78 is 10.8. The molecule has 1 atom stereocenters. The first-order valence-corrected chi connectivity index (χ1v) is 13.5. The van der Waals surface area contributed by atoms with Crippen molar-refractivity contribution in [2.45, 2.75) is 26.1 Å². The Labute approximate surface area is 231 Å². The lowest BCUT2D eigenvalue weighted by Crippen LogP contribution is -2.25. The van der Waals surface area contributed by atoms with Gasteiger partial charge in [0.1, 0.15) is 11.5 Å². The molecule has 0 amide bonds. The van der Waals surface area contributed by atoms with E-state index in [1.807, 2.05) is 24.3 Å². The molecule has 5 aromatic rings. The largest absolute Gasteiger partial charge is 0.497 e. The zero-order valence-corrected chi connectivity index (χ0v) is 22.7. The van der Waals surface area contributed by atoms with E-state index >= 15 is 0 Å². The molecule has 0 saturated heterocycles. The zero-order valence-electron chi connectivity index (χ0n) is 22.7. The molecule has 39 heavy (non-hydrogen) atoms. The Bertz CT molecular complexity index is 1470. The Morgan fingerprint density at radius 1 is 0.538 bits per heavy atom. The molecule has 0 bridgehead atoms. The summed E-state index contributed by atoms with van der Waals surface area (Å²) >= 11 is 0. The van der Waals surface area contributed by atoms with E-state index in [0.717, 1.165) is 24.6 Å². The van der Waals surface area contributed by atoms with Crippen LogP contribution in [0.15, 0.2) is 115 Å². The number of hydrogen-bond donors (Lipinski definition) is 0. The topological polar surface area (TPSA) is 21.7 Å². The summed E-state index contributed by atoms with van der Waals surface area (Å²) in [5.74, 6) is 1.74. The third-order valence-corrected chi connectivity index (χ3v) is 7.93. The van der Waals surface area contributed by atoms with E-state index in [9.17, 15) is 0 Å². The SMILES string of the molecule is COc1ccc(-c2ccc3c(c2)-c2cc(-c4ccc(OC)cc4)ccc2CN([C@@H](C)c2ccccc2)C3)cc1. The highest BCUT2D eigenvalue weighted by atomic mass is 16.5. The predicted octanol–water partition coefficient (Wildman–Crippen LogP) is 8.78. The molecule has 0 radical (unpaired) electrons. The first kappa shape index (κ1) is 25.0. The summed E-state index contributed by atoms with van der Waals surface area (Å²) in [7, 11) is 3.41. The maximum Gasteiger partial charge on any atom is 0.118 e. The van der Waals surface area contributed by atoms with Crippen molar-refractivity contribution in [3.8, 4) is 44.9 Å². The Balaban J connectivity index is 1.46. The minimum absolute atomic E-state index is 0.299. The Hall–Kier alpha value is -4.34. The van der Waals surface area contributed by atoms with Gasteiger partial charge in [-0.3, -0.25) is 4.90 Å². The summed E-state index contributed by atoms with van der Waals surface area (Å²) in [6, 6.07) is 41.6. The minimum Gasteiger partial charge on any atom is -0.497 e. The van der Waals surface area contributed by atoms with Gasteiger partial charge in [-0.05, 0) is 93.4 Å². The number of hydrogen-bond acceptors (Lipinski definition) is 3. The molecule has 0 unspecified atom stereocenters. The monoisotopic (exact) mass is 511 g/mol. The van der Waals surface area contributed by atoms with Crippen LogP contribution in [-0.4, -0.2) is 19.1 Å². The lowest BCUT2D eigenvalue weighted by atomic mass is 9.90.